The van der Waals surface area contributed by atoms with Gasteiger partial charge in [0.15, 0.2) is 0 Å². The molecule has 0 spiro atoms. The predicted molar refractivity (Wildman–Crippen MR) is 209 cm³/mol. The Labute approximate surface area is 314 Å². The molecule has 1 saturated heterocycles. The lowest BCUT2D eigenvalue weighted by atomic mass is 9.81. The Bertz CT molecular complexity index is 2100. The number of allylic oxidation sites excluding steroid dienone is 1. The molecule has 1 N–H and O–H groups in total. The third-order valence-electron chi connectivity index (χ3n) is 11.8. The van der Waals surface area contributed by atoms with Crippen molar-refractivity contribution in [1.29, 1.82) is 0 Å². The molecule has 280 valence electrons. The first kappa shape index (κ1) is 35.8. The summed E-state index contributed by atoms with van der Waals surface area (Å²) in [6.07, 6.45) is 14.9. The number of aromatic nitrogens is 3. The number of carbonyl (C=O) groups excluding carboxylic acids is 2. The van der Waals surface area contributed by atoms with E-state index in [1.54, 1.807) is 13.3 Å². The lowest BCUT2D eigenvalue weighted by Gasteiger charge is -2.29. The molecule has 53 heavy (non-hydrogen) atoms. The summed E-state index contributed by atoms with van der Waals surface area (Å²) in [6.45, 7) is 7.11. The van der Waals surface area contributed by atoms with Crippen LogP contribution >= 0.6 is 0 Å². The van der Waals surface area contributed by atoms with Crippen LogP contribution in [0.3, 0.4) is 0 Å². The SMILES string of the molecule is CCCC1COCN1C(=O)c1cnn(C2CCC2)c1C1=Cc2cc(OC)ccc2-c2c(C3CCCCC3)c3ccc(C(=O)NS(=O)C(C)C)cc3n2C1. The summed E-state index contributed by atoms with van der Waals surface area (Å²) < 4.78 is 31.5. The fourth-order valence-corrected chi connectivity index (χ4v) is 9.31. The van der Waals surface area contributed by atoms with Gasteiger partial charge in [0, 0.05) is 27.3 Å². The van der Waals surface area contributed by atoms with Gasteiger partial charge in [-0.05, 0) is 111 Å². The van der Waals surface area contributed by atoms with Crippen LogP contribution < -0.4 is 9.46 Å². The Morgan fingerprint density at radius 1 is 1.04 bits per heavy atom. The highest BCUT2D eigenvalue weighted by atomic mass is 32.2. The third kappa shape index (κ3) is 6.54. The largest absolute Gasteiger partial charge is 0.497 e. The Morgan fingerprint density at radius 3 is 2.57 bits per heavy atom. The molecule has 0 bridgehead atoms. The fraction of sp³-hybridized carbons (Fsp3) is 0.500. The number of fused-ring (bicyclic) bond motifs is 5. The van der Waals surface area contributed by atoms with Crippen molar-refractivity contribution in [2.24, 2.45) is 0 Å². The van der Waals surface area contributed by atoms with Crippen LogP contribution in [0.5, 0.6) is 5.75 Å². The number of ether oxygens (including phenoxy) is 2. The standard InChI is InChI=1S/C42H51N5O5S/c1-5-10-32-24-52-25-46(32)42(49)36-22-43-47(31-13-9-14-31)39(36)30-19-29-20-33(51-4)16-18-34(29)40-38(27-11-7-6-8-12-27)35-17-15-28(21-37(35)45(40)23-30)41(48)44-53(50)26(2)3/h15-22,26-27,31-32H,5-14,23-25H2,1-4H3,(H,44,48). The van der Waals surface area contributed by atoms with Crippen molar-refractivity contribution in [2.45, 2.75) is 115 Å². The minimum absolute atomic E-state index is 0.0353. The summed E-state index contributed by atoms with van der Waals surface area (Å²) >= 11 is 0. The van der Waals surface area contributed by atoms with Crippen molar-refractivity contribution in [3.8, 4) is 17.0 Å². The smallest absolute Gasteiger partial charge is 0.263 e. The Hall–Kier alpha value is -4.22. The van der Waals surface area contributed by atoms with Crippen molar-refractivity contribution >= 4 is 45.4 Å². The number of carbonyl (C=O) groups is 2. The van der Waals surface area contributed by atoms with E-state index >= 15 is 0 Å². The third-order valence-corrected chi connectivity index (χ3v) is 13.0. The maximum Gasteiger partial charge on any atom is 0.263 e. The van der Waals surface area contributed by atoms with Crippen LogP contribution in [0.2, 0.25) is 0 Å². The molecule has 11 heteroatoms. The number of hydrogen-bond donors (Lipinski definition) is 1. The normalized spacial score (nSPS) is 19.8. The van der Waals surface area contributed by atoms with Gasteiger partial charge in [0.2, 0.25) is 0 Å². The average Bonchev–Trinajstić information content (AvgIpc) is 3.84. The van der Waals surface area contributed by atoms with E-state index in [2.05, 4.69) is 45.2 Å². The second-order valence-corrected chi connectivity index (χ2v) is 17.2. The number of hydrogen-bond acceptors (Lipinski definition) is 6. The van der Waals surface area contributed by atoms with Crippen LogP contribution in [0, 0.1) is 0 Å². The highest BCUT2D eigenvalue weighted by molar-refractivity contribution is 7.84. The van der Waals surface area contributed by atoms with Crippen LogP contribution in [0.1, 0.15) is 134 Å². The Morgan fingerprint density at radius 2 is 1.85 bits per heavy atom. The first-order chi connectivity index (χ1) is 25.8. The number of rotatable bonds is 10. The molecular weight excluding hydrogens is 687 g/mol. The zero-order chi connectivity index (χ0) is 36.8. The van der Waals surface area contributed by atoms with Gasteiger partial charge in [-0.25, -0.2) is 4.21 Å². The molecule has 4 aromatic rings. The molecule has 4 aliphatic rings. The van der Waals surface area contributed by atoms with E-state index < -0.39 is 11.0 Å². The minimum atomic E-state index is -1.50. The van der Waals surface area contributed by atoms with Crippen LogP contribution in [-0.4, -0.2) is 67.0 Å². The van der Waals surface area contributed by atoms with Gasteiger partial charge in [0.1, 0.15) is 23.5 Å². The predicted octanol–water partition coefficient (Wildman–Crippen LogP) is 8.24. The summed E-state index contributed by atoms with van der Waals surface area (Å²) in [4.78, 5) is 30.0. The molecule has 0 radical (unpaired) electrons. The Balaban J connectivity index is 1.34. The van der Waals surface area contributed by atoms with Gasteiger partial charge in [0.25, 0.3) is 11.8 Å². The van der Waals surface area contributed by atoms with Gasteiger partial charge in [-0.1, -0.05) is 38.7 Å². The average molecular weight is 738 g/mol. The van der Waals surface area contributed by atoms with Crippen LogP contribution in [0.25, 0.3) is 33.8 Å². The number of benzene rings is 2. The number of methoxy groups -OCH3 is 1. The van der Waals surface area contributed by atoms with Crippen molar-refractivity contribution in [3.05, 3.63) is 70.5 Å². The lowest BCUT2D eigenvalue weighted by Crippen LogP contribution is -2.37. The zero-order valence-corrected chi connectivity index (χ0v) is 32.2. The highest BCUT2D eigenvalue weighted by Crippen LogP contribution is 2.48. The number of nitrogens with zero attached hydrogens (tertiary/aromatic N) is 4. The maximum absolute atomic E-state index is 14.6. The van der Waals surface area contributed by atoms with Gasteiger partial charge < -0.3 is 18.9 Å². The van der Waals surface area contributed by atoms with E-state index in [9.17, 15) is 13.8 Å². The van der Waals surface area contributed by atoms with E-state index in [0.717, 1.165) is 89.7 Å². The molecule has 2 aliphatic heterocycles. The van der Waals surface area contributed by atoms with Crippen LogP contribution in [0.4, 0.5) is 0 Å². The van der Waals surface area contributed by atoms with Crippen molar-refractivity contribution in [3.63, 3.8) is 0 Å². The molecular formula is C42H51N5O5S. The van der Waals surface area contributed by atoms with E-state index in [1.807, 2.05) is 36.9 Å². The fourth-order valence-electron chi connectivity index (χ4n) is 8.78. The van der Waals surface area contributed by atoms with E-state index in [4.69, 9.17) is 14.6 Å². The molecule has 2 unspecified atom stereocenters. The molecule has 3 fully saturated rings. The molecule has 2 saturated carbocycles. The zero-order valence-electron chi connectivity index (χ0n) is 31.4. The van der Waals surface area contributed by atoms with Crippen molar-refractivity contribution in [1.82, 2.24) is 24.0 Å². The topological polar surface area (TPSA) is 108 Å². The molecule has 8 rings (SSSR count). The molecule has 4 heterocycles. The quantitative estimate of drug-likeness (QED) is 0.176. The molecule has 10 nitrogen and oxygen atoms in total. The lowest BCUT2D eigenvalue weighted by molar-refractivity contribution is 0.0654. The van der Waals surface area contributed by atoms with E-state index in [-0.39, 0.29) is 35.9 Å². The van der Waals surface area contributed by atoms with Crippen molar-refractivity contribution < 1.29 is 23.3 Å². The van der Waals surface area contributed by atoms with Gasteiger partial charge >= 0.3 is 0 Å². The van der Waals surface area contributed by atoms with E-state index in [1.165, 1.54) is 24.8 Å². The monoisotopic (exact) mass is 737 g/mol. The summed E-state index contributed by atoms with van der Waals surface area (Å²) in [7, 11) is 0.198. The van der Waals surface area contributed by atoms with Gasteiger partial charge in [-0.2, -0.15) is 5.10 Å². The molecule has 2 aliphatic carbocycles. The molecule has 2 amide bonds. The molecule has 2 atom stereocenters. The summed E-state index contributed by atoms with van der Waals surface area (Å²) in [5.74, 6) is 0.736. The van der Waals surface area contributed by atoms with Crippen LogP contribution in [-0.2, 0) is 22.3 Å². The first-order valence-electron chi connectivity index (χ1n) is 19.5. The number of amides is 2. The second-order valence-electron chi connectivity index (χ2n) is 15.5. The summed E-state index contributed by atoms with van der Waals surface area (Å²) in [5.41, 5.74) is 8.46. The molecule has 2 aromatic carbocycles. The van der Waals surface area contributed by atoms with Gasteiger partial charge in [-0.15, -0.1) is 0 Å². The highest BCUT2D eigenvalue weighted by Gasteiger charge is 2.37. The number of nitrogens with one attached hydrogen (secondary N) is 1. The van der Waals surface area contributed by atoms with E-state index in [0.29, 0.717) is 30.2 Å². The minimum Gasteiger partial charge on any atom is -0.497 e. The molecule has 2 aromatic heterocycles. The van der Waals surface area contributed by atoms with Crippen molar-refractivity contribution in [2.75, 3.05) is 20.4 Å². The Kier molecular flexibility index (Phi) is 10.1. The maximum atomic E-state index is 14.6. The van der Waals surface area contributed by atoms with Gasteiger partial charge in [0.05, 0.1) is 55.5 Å². The summed E-state index contributed by atoms with van der Waals surface area (Å²) in [5, 5.41) is 5.88. The second kappa shape index (κ2) is 14.9. The van der Waals surface area contributed by atoms with Gasteiger partial charge in [-0.3, -0.25) is 19.0 Å². The first-order valence-corrected chi connectivity index (χ1v) is 20.7. The summed E-state index contributed by atoms with van der Waals surface area (Å²) in [6, 6.07) is 12.5. The van der Waals surface area contributed by atoms with Crippen LogP contribution in [0.15, 0.2) is 42.6 Å².